The minimum atomic E-state index is -3.58. The summed E-state index contributed by atoms with van der Waals surface area (Å²) in [5, 5.41) is 2.68. The number of esters is 1. The Balaban J connectivity index is 1.41. The molecule has 0 unspecified atom stereocenters. The van der Waals surface area contributed by atoms with E-state index in [1.54, 1.807) is 12.1 Å². The summed E-state index contributed by atoms with van der Waals surface area (Å²) in [5.41, 5.74) is 2.69. The Bertz CT molecular complexity index is 995. The van der Waals surface area contributed by atoms with Crippen LogP contribution < -0.4 is 10.2 Å². The highest BCUT2D eigenvalue weighted by molar-refractivity contribution is 7.91. The van der Waals surface area contributed by atoms with Gasteiger partial charge in [-0.05, 0) is 62.6 Å². The van der Waals surface area contributed by atoms with Crippen molar-refractivity contribution in [3.05, 3.63) is 54.1 Å². The second kappa shape index (κ2) is 10.4. The molecule has 2 aromatic carbocycles. The minimum absolute atomic E-state index is 0.164. The molecule has 0 atom stereocenters. The number of sulfone groups is 1. The molecule has 166 valence electrons. The quantitative estimate of drug-likeness (QED) is 0.628. The number of carbonyl (C=O) groups is 2. The summed E-state index contributed by atoms with van der Waals surface area (Å²) < 4.78 is 29.5. The number of nitrogens with zero attached hydrogens (tertiary/aromatic N) is 1. The summed E-state index contributed by atoms with van der Waals surface area (Å²) in [7, 11) is -3.58. The van der Waals surface area contributed by atoms with Crippen molar-refractivity contribution >= 4 is 33.1 Å². The van der Waals surface area contributed by atoms with Crippen molar-refractivity contribution < 1.29 is 22.7 Å². The maximum atomic E-state index is 12.3. The lowest BCUT2D eigenvalue weighted by molar-refractivity contribution is -0.146. The molecule has 1 fully saturated rings. The average Bonchev–Trinajstić information content (AvgIpc) is 2.78. The van der Waals surface area contributed by atoms with E-state index in [0.29, 0.717) is 5.69 Å². The normalized spacial score (nSPS) is 14.2. The van der Waals surface area contributed by atoms with Gasteiger partial charge in [-0.25, -0.2) is 8.42 Å². The van der Waals surface area contributed by atoms with Crippen LogP contribution in [-0.4, -0.2) is 45.7 Å². The molecule has 7 nitrogen and oxygen atoms in total. The fraction of sp³-hybridized carbons (Fsp3) is 0.391. The average molecular weight is 445 g/mol. The number of hydrogen-bond donors (Lipinski definition) is 1. The van der Waals surface area contributed by atoms with Gasteiger partial charge in [0.15, 0.2) is 16.4 Å². The molecule has 0 radical (unpaired) electrons. The van der Waals surface area contributed by atoms with Crippen molar-refractivity contribution in [1.82, 2.24) is 0 Å². The lowest BCUT2D eigenvalue weighted by Gasteiger charge is -2.28. The molecule has 8 heteroatoms. The molecular weight excluding hydrogens is 416 g/mol. The Morgan fingerprint density at radius 2 is 1.61 bits per heavy atom. The number of piperidine rings is 1. The van der Waals surface area contributed by atoms with E-state index in [9.17, 15) is 18.0 Å². The standard InChI is InChI=1S/C23H28N2O5S/c1-18-5-11-21(12-6-18)31(28,29)16-13-23(27)30-17-22(26)24-19-7-9-20(10-8-19)25-14-3-2-4-15-25/h5-12H,2-4,13-17H2,1H3,(H,24,26). The molecular formula is C23H28N2O5S. The van der Waals surface area contributed by atoms with Crippen molar-refractivity contribution in [1.29, 1.82) is 0 Å². The predicted molar refractivity (Wildman–Crippen MR) is 120 cm³/mol. The van der Waals surface area contributed by atoms with Gasteiger partial charge in [-0.15, -0.1) is 0 Å². The predicted octanol–water partition coefficient (Wildman–Crippen LogP) is 3.33. The largest absolute Gasteiger partial charge is 0.456 e. The molecule has 1 saturated heterocycles. The number of rotatable bonds is 8. The van der Waals surface area contributed by atoms with Crippen molar-refractivity contribution in [3.8, 4) is 0 Å². The Morgan fingerprint density at radius 3 is 2.26 bits per heavy atom. The molecule has 0 saturated carbocycles. The monoisotopic (exact) mass is 444 g/mol. The van der Waals surface area contributed by atoms with Gasteiger partial charge >= 0.3 is 5.97 Å². The molecule has 0 aliphatic carbocycles. The fourth-order valence-corrected chi connectivity index (χ4v) is 4.63. The molecule has 1 aliphatic heterocycles. The van der Waals surface area contributed by atoms with Crippen LogP contribution in [0, 0.1) is 6.92 Å². The van der Waals surface area contributed by atoms with E-state index in [-0.39, 0.29) is 17.1 Å². The van der Waals surface area contributed by atoms with Gasteiger partial charge in [0.1, 0.15) is 0 Å². The molecule has 1 amide bonds. The summed E-state index contributed by atoms with van der Waals surface area (Å²) in [6.07, 6.45) is 3.33. The number of carbonyl (C=O) groups excluding carboxylic acids is 2. The highest BCUT2D eigenvalue weighted by Gasteiger charge is 2.18. The van der Waals surface area contributed by atoms with Gasteiger partial charge in [0.25, 0.3) is 5.91 Å². The summed E-state index contributed by atoms with van der Waals surface area (Å²) in [5.74, 6) is -1.57. The fourth-order valence-electron chi connectivity index (χ4n) is 3.40. The van der Waals surface area contributed by atoms with Gasteiger partial charge in [-0.3, -0.25) is 9.59 Å². The first-order valence-electron chi connectivity index (χ1n) is 10.4. The third kappa shape index (κ3) is 6.82. The van der Waals surface area contributed by atoms with Gasteiger partial charge in [-0.1, -0.05) is 17.7 Å². The maximum absolute atomic E-state index is 12.3. The lowest BCUT2D eigenvalue weighted by atomic mass is 10.1. The van der Waals surface area contributed by atoms with Crippen LogP contribution in [-0.2, 0) is 24.2 Å². The number of amides is 1. The van der Waals surface area contributed by atoms with Crippen molar-refractivity contribution in [2.45, 2.75) is 37.5 Å². The zero-order valence-electron chi connectivity index (χ0n) is 17.7. The summed E-state index contributed by atoms with van der Waals surface area (Å²) in [6.45, 7) is 3.49. The van der Waals surface area contributed by atoms with E-state index >= 15 is 0 Å². The highest BCUT2D eigenvalue weighted by Crippen LogP contribution is 2.21. The highest BCUT2D eigenvalue weighted by atomic mass is 32.2. The number of hydrogen-bond acceptors (Lipinski definition) is 6. The molecule has 2 aromatic rings. The third-order valence-electron chi connectivity index (χ3n) is 5.19. The van der Waals surface area contributed by atoms with E-state index in [1.807, 2.05) is 31.2 Å². The second-order valence-electron chi connectivity index (χ2n) is 7.69. The number of aryl methyl sites for hydroxylation is 1. The maximum Gasteiger partial charge on any atom is 0.307 e. The van der Waals surface area contributed by atoms with Crippen LogP contribution >= 0.6 is 0 Å². The zero-order chi connectivity index (χ0) is 22.3. The molecule has 0 spiro atoms. The van der Waals surface area contributed by atoms with E-state index in [0.717, 1.165) is 24.3 Å². The second-order valence-corrected chi connectivity index (χ2v) is 9.79. The summed E-state index contributed by atoms with van der Waals surface area (Å²) in [6, 6.07) is 14.0. The van der Waals surface area contributed by atoms with Crippen molar-refractivity contribution in [2.75, 3.05) is 35.7 Å². The van der Waals surface area contributed by atoms with Crippen molar-refractivity contribution in [2.24, 2.45) is 0 Å². The van der Waals surface area contributed by atoms with E-state index in [2.05, 4.69) is 10.2 Å². The Morgan fingerprint density at radius 1 is 0.968 bits per heavy atom. The Labute approximate surface area is 183 Å². The first-order chi connectivity index (χ1) is 14.8. The molecule has 1 N–H and O–H groups in total. The molecule has 31 heavy (non-hydrogen) atoms. The molecule has 1 heterocycles. The van der Waals surface area contributed by atoms with Crippen LogP contribution in [0.4, 0.5) is 11.4 Å². The Kier molecular flexibility index (Phi) is 7.68. The van der Waals surface area contributed by atoms with Gasteiger partial charge in [0, 0.05) is 24.5 Å². The molecule has 0 aromatic heterocycles. The van der Waals surface area contributed by atoms with Gasteiger partial charge in [0.05, 0.1) is 17.1 Å². The SMILES string of the molecule is Cc1ccc(S(=O)(=O)CCC(=O)OCC(=O)Nc2ccc(N3CCCCC3)cc2)cc1. The number of ether oxygens (including phenoxy) is 1. The van der Waals surface area contributed by atoms with E-state index in [4.69, 9.17) is 4.74 Å². The molecule has 1 aliphatic rings. The lowest BCUT2D eigenvalue weighted by Crippen LogP contribution is -2.29. The minimum Gasteiger partial charge on any atom is -0.456 e. The van der Waals surface area contributed by atoms with Crippen LogP contribution in [0.5, 0.6) is 0 Å². The summed E-state index contributed by atoms with van der Waals surface area (Å²) in [4.78, 5) is 26.4. The van der Waals surface area contributed by atoms with E-state index < -0.39 is 28.3 Å². The zero-order valence-corrected chi connectivity index (χ0v) is 18.5. The van der Waals surface area contributed by atoms with Crippen LogP contribution in [0.3, 0.4) is 0 Å². The smallest absolute Gasteiger partial charge is 0.307 e. The molecule has 3 rings (SSSR count). The Hall–Kier alpha value is -2.87. The van der Waals surface area contributed by atoms with Crippen LogP contribution in [0.1, 0.15) is 31.2 Å². The van der Waals surface area contributed by atoms with Crippen LogP contribution in [0.15, 0.2) is 53.4 Å². The van der Waals surface area contributed by atoms with Crippen LogP contribution in [0.25, 0.3) is 0 Å². The van der Waals surface area contributed by atoms with Gasteiger partial charge < -0.3 is 15.0 Å². The number of nitrogens with one attached hydrogen (secondary N) is 1. The van der Waals surface area contributed by atoms with Gasteiger partial charge in [0.2, 0.25) is 0 Å². The van der Waals surface area contributed by atoms with Crippen LogP contribution in [0.2, 0.25) is 0 Å². The molecule has 0 bridgehead atoms. The summed E-state index contributed by atoms with van der Waals surface area (Å²) >= 11 is 0. The number of benzene rings is 2. The topological polar surface area (TPSA) is 92.8 Å². The van der Waals surface area contributed by atoms with Crippen molar-refractivity contribution in [3.63, 3.8) is 0 Å². The third-order valence-corrected chi connectivity index (χ3v) is 6.92. The first kappa shape index (κ1) is 22.8. The van der Waals surface area contributed by atoms with Gasteiger partial charge in [-0.2, -0.15) is 0 Å². The number of anilines is 2. The van der Waals surface area contributed by atoms with E-state index in [1.165, 1.54) is 31.4 Å². The first-order valence-corrected chi connectivity index (χ1v) is 12.1.